The van der Waals surface area contributed by atoms with Gasteiger partial charge in [-0.05, 0) is 57.2 Å². The van der Waals surface area contributed by atoms with Crippen LogP contribution >= 0.6 is 0 Å². The lowest BCUT2D eigenvalue weighted by Crippen LogP contribution is -2.49. The Labute approximate surface area is 194 Å². The van der Waals surface area contributed by atoms with Crippen molar-refractivity contribution < 1.29 is 9.47 Å². The molecule has 1 aromatic carbocycles. The van der Waals surface area contributed by atoms with E-state index < -0.39 is 0 Å². The van der Waals surface area contributed by atoms with E-state index in [1.807, 2.05) is 6.21 Å². The molecule has 176 valence electrons. The van der Waals surface area contributed by atoms with E-state index in [1.165, 1.54) is 35.2 Å². The van der Waals surface area contributed by atoms with E-state index in [-0.39, 0.29) is 0 Å². The summed E-state index contributed by atoms with van der Waals surface area (Å²) in [4.78, 5) is 9.61. The van der Waals surface area contributed by atoms with Gasteiger partial charge >= 0.3 is 0 Å². The molecular weight excluding hydrogens is 400 g/mol. The number of aryl methyl sites for hydroxylation is 1. The van der Waals surface area contributed by atoms with Crippen LogP contribution in [-0.2, 0) is 4.74 Å². The minimum absolute atomic E-state index is 0.606. The lowest BCUT2D eigenvalue weighted by atomic mass is 10.0. The Morgan fingerprint density at radius 1 is 1.22 bits per heavy atom. The van der Waals surface area contributed by atoms with Crippen LogP contribution in [0.1, 0.15) is 45.6 Å². The molecule has 2 aliphatic heterocycles. The normalized spacial score (nSPS) is 18.1. The molecule has 0 spiro atoms. The van der Waals surface area contributed by atoms with Crippen molar-refractivity contribution in [1.82, 2.24) is 4.90 Å². The minimum atomic E-state index is 0.606. The van der Waals surface area contributed by atoms with Gasteiger partial charge in [-0.3, -0.25) is 4.90 Å². The number of methoxy groups -OCH3 is 1. The number of benzene rings is 1. The largest absolute Gasteiger partial charge is 0.494 e. The topological polar surface area (TPSA) is 49.3 Å². The van der Waals surface area contributed by atoms with Crippen molar-refractivity contribution in [1.29, 1.82) is 0 Å². The number of morpholine rings is 1. The standard InChI is InChI=1S/C26H40N4O2/c1-7-22(19(2)3)18-27-21(5)28-24-16-20(4)25(17-26(24)31-6)30-10-8-23(9-11-30)29-12-14-32-15-13-29/h16-18,23,28H,5,7-15H2,1-4,6H3/b27-18-. The second-order valence-corrected chi connectivity index (χ2v) is 8.91. The third kappa shape index (κ3) is 6.14. The molecule has 0 amide bonds. The van der Waals surface area contributed by atoms with Gasteiger partial charge in [0, 0.05) is 50.2 Å². The highest BCUT2D eigenvalue weighted by atomic mass is 16.5. The second kappa shape index (κ2) is 11.5. The molecule has 2 heterocycles. The molecule has 0 atom stereocenters. The van der Waals surface area contributed by atoms with E-state index in [2.05, 4.69) is 66.5 Å². The van der Waals surface area contributed by atoms with Gasteiger partial charge in [-0.1, -0.05) is 19.1 Å². The molecule has 6 heteroatoms. The molecule has 6 nitrogen and oxygen atoms in total. The zero-order chi connectivity index (χ0) is 23.1. The average Bonchev–Trinajstić information content (AvgIpc) is 2.80. The van der Waals surface area contributed by atoms with Crippen molar-refractivity contribution in [2.24, 2.45) is 4.99 Å². The van der Waals surface area contributed by atoms with Gasteiger partial charge in [0.25, 0.3) is 0 Å². The molecule has 2 fully saturated rings. The number of ether oxygens (including phenoxy) is 2. The van der Waals surface area contributed by atoms with Gasteiger partial charge in [-0.25, -0.2) is 4.99 Å². The maximum Gasteiger partial charge on any atom is 0.144 e. The van der Waals surface area contributed by atoms with Crippen molar-refractivity contribution in [3.63, 3.8) is 0 Å². The fraction of sp³-hybridized carbons (Fsp3) is 0.577. The summed E-state index contributed by atoms with van der Waals surface area (Å²) in [6, 6.07) is 4.97. The van der Waals surface area contributed by atoms with Crippen LogP contribution in [0.15, 0.2) is 40.7 Å². The zero-order valence-electron chi connectivity index (χ0n) is 20.5. The highest BCUT2D eigenvalue weighted by Gasteiger charge is 2.27. The van der Waals surface area contributed by atoms with Gasteiger partial charge in [0.05, 0.1) is 26.0 Å². The Kier molecular flexibility index (Phi) is 8.76. The van der Waals surface area contributed by atoms with Gasteiger partial charge in [0.1, 0.15) is 11.6 Å². The van der Waals surface area contributed by atoms with Crippen LogP contribution in [-0.4, -0.2) is 63.7 Å². The van der Waals surface area contributed by atoms with Crippen molar-refractivity contribution in [3.8, 4) is 5.75 Å². The summed E-state index contributed by atoms with van der Waals surface area (Å²) in [5.74, 6) is 1.42. The van der Waals surface area contributed by atoms with Crippen molar-refractivity contribution >= 4 is 17.6 Å². The van der Waals surface area contributed by atoms with Crippen LogP contribution in [0.3, 0.4) is 0 Å². The average molecular weight is 441 g/mol. The maximum absolute atomic E-state index is 5.72. The van der Waals surface area contributed by atoms with E-state index in [9.17, 15) is 0 Å². The van der Waals surface area contributed by atoms with Crippen molar-refractivity contribution in [2.45, 2.75) is 53.0 Å². The molecule has 0 radical (unpaired) electrons. The summed E-state index contributed by atoms with van der Waals surface area (Å²) in [5, 5.41) is 3.32. The molecule has 0 unspecified atom stereocenters. The molecular formula is C26H40N4O2. The summed E-state index contributed by atoms with van der Waals surface area (Å²) < 4.78 is 11.2. The van der Waals surface area contributed by atoms with Crippen LogP contribution < -0.4 is 15.0 Å². The first-order valence-electron chi connectivity index (χ1n) is 11.8. The Bertz CT molecular complexity index is 844. The summed E-state index contributed by atoms with van der Waals surface area (Å²) in [6.07, 6.45) is 5.24. The first-order valence-corrected chi connectivity index (χ1v) is 11.8. The van der Waals surface area contributed by atoms with Crippen LogP contribution in [0.2, 0.25) is 0 Å². The van der Waals surface area contributed by atoms with Gasteiger partial charge in [0.15, 0.2) is 0 Å². The molecule has 0 saturated carbocycles. The molecule has 0 aromatic heterocycles. The molecule has 3 rings (SSSR count). The summed E-state index contributed by atoms with van der Waals surface area (Å²) in [5.41, 5.74) is 5.88. The third-order valence-corrected chi connectivity index (χ3v) is 6.56. The number of hydrogen-bond acceptors (Lipinski definition) is 6. The van der Waals surface area contributed by atoms with Gasteiger partial charge in [0.2, 0.25) is 0 Å². The first-order chi connectivity index (χ1) is 15.4. The number of aliphatic imine (C=N–C) groups is 1. The Balaban J connectivity index is 1.67. The van der Waals surface area contributed by atoms with Crippen molar-refractivity contribution in [2.75, 3.05) is 56.7 Å². The predicted molar refractivity (Wildman–Crippen MR) is 135 cm³/mol. The number of piperidine rings is 1. The number of hydrogen-bond donors (Lipinski definition) is 1. The molecule has 2 aliphatic rings. The summed E-state index contributed by atoms with van der Waals surface area (Å²) in [6.45, 7) is 18.6. The summed E-state index contributed by atoms with van der Waals surface area (Å²) >= 11 is 0. The fourth-order valence-electron chi connectivity index (χ4n) is 4.62. The molecule has 1 N–H and O–H groups in total. The Hall–Kier alpha value is -2.31. The second-order valence-electron chi connectivity index (χ2n) is 8.91. The van der Waals surface area contributed by atoms with E-state index >= 15 is 0 Å². The third-order valence-electron chi connectivity index (χ3n) is 6.56. The van der Waals surface area contributed by atoms with E-state index in [1.54, 1.807) is 7.11 Å². The fourth-order valence-corrected chi connectivity index (χ4v) is 4.62. The van der Waals surface area contributed by atoms with E-state index in [4.69, 9.17) is 9.47 Å². The monoisotopic (exact) mass is 440 g/mol. The Morgan fingerprint density at radius 3 is 2.50 bits per heavy atom. The molecule has 1 aromatic rings. The van der Waals surface area contributed by atoms with E-state index in [0.29, 0.717) is 11.9 Å². The lowest BCUT2D eigenvalue weighted by Gasteiger charge is -2.41. The number of anilines is 2. The lowest BCUT2D eigenvalue weighted by molar-refractivity contribution is 0.0115. The smallest absolute Gasteiger partial charge is 0.144 e. The van der Waals surface area contributed by atoms with Gasteiger partial charge < -0.3 is 19.7 Å². The highest BCUT2D eigenvalue weighted by molar-refractivity contribution is 5.80. The quantitative estimate of drug-likeness (QED) is 0.576. The SMILES string of the molecule is C=C(/N=C\C(CC)=C(C)C)Nc1cc(C)c(N2CCC(N3CCOCC3)CC2)cc1OC. The van der Waals surface area contributed by atoms with Crippen LogP contribution in [0.5, 0.6) is 5.75 Å². The van der Waals surface area contributed by atoms with Crippen LogP contribution in [0.4, 0.5) is 11.4 Å². The maximum atomic E-state index is 5.72. The number of nitrogens with one attached hydrogen (secondary N) is 1. The highest BCUT2D eigenvalue weighted by Crippen LogP contribution is 2.35. The number of allylic oxidation sites excluding steroid dienone is 2. The molecule has 0 bridgehead atoms. The number of rotatable bonds is 8. The van der Waals surface area contributed by atoms with Gasteiger partial charge in [-0.15, -0.1) is 0 Å². The Morgan fingerprint density at radius 2 is 1.91 bits per heavy atom. The molecule has 2 saturated heterocycles. The van der Waals surface area contributed by atoms with E-state index in [0.717, 1.165) is 57.3 Å². The van der Waals surface area contributed by atoms with Gasteiger partial charge in [-0.2, -0.15) is 0 Å². The molecule has 0 aliphatic carbocycles. The number of nitrogens with zero attached hydrogens (tertiary/aromatic N) is 3. The van der Waals surface area contributed by atoms with Crippen LogP contribution in [0, 0.1) is 6.92 Å². The van der Waals surface area contributed by atoms with Crippen LogP contribution in [0.25, 0.3) is 0 Å². The predicted octanol–water partition coefficient (Wildman–Crippen LogP) is 5.00. The van der Waals surface area contributed by atoms with Crippen molar-refractivity contribution in [3.05, 3.63) is 41.2 Å². The summed E-state index contributed by atoms with van der Waals surface area (Å²) in [7, 11) is 1.72. The zero-order valence-corrected chi connectivity index (χ0v) is 20.5. The minimum Gasteiger partial charge on any atom is -0.494 e. The molecule has 32 heavy (non-hydrogen) atoms. The first kappa shape index (κ1) is 24.3.